The van der Waals surface area contributed by atoms with E-state index in [1.807, 2.05) is 0 Å². The van der Waals surface area contributed by atoms with Gasteiger partial charge in [0, 0.05) is 25.7 Å². The van der Waals surface area contributed by atoms with Crippen LogP contribution < -0.4 is 0 Å². The Labute approximate surface area is 600 Å². The SMILES string of the molecule is CCCCCCCCCCCCCCCCCCCCCCCCC(=O)O[C@H](COC(=O)CCCCCCCCCCCCC(C)C)COP(=O)(O)OC[C@@H](O)COP(=O)(O)OC[C@@H](COC(=O)CCCCCCCCCCCCC)OC(=O)CCCCCCCCCCCC(C)C. The van der Waals surface area contributed by atoms with Crippen LogP contribution in [0.2, 0.25) is 0 Å². The molecule has 0 heterocycles. The van der Waals surface area contributed by atoms with Gasteiger partial charge in [0.15, 0.2) is 12.2 Å². The van der Waals surface area contributed by atoms with Crippen molar-refractivity contribution in [1.29, 1.82) is 0 Å². The van der Waals surface area contributed by atoms with E-state index >= 15 is 0 Å². The second-order valence-corrected chi connectivity index (χ2v) is 32.3. The van der Waals surface area contributed by atoms with Crippen LogP contribution >= 0.6 is 15.6 Å². The molecule has 0 aliphatic carbocycles. The number of hydrogen-bond donors (Lipinski definition) is 3. The molecule has 582 valence electrons. The third-order valence-electron chi connectivity index (χ3n) is 18.5. The smallest absolute Gasteiger partial charge is 0.462 e. The number of unbranched alkanes of at least 4 members (excludes halogenated alkanes) is 48. The summed E-state index contributed by atoms with van der Waals surface area (Å²) in [7, 11) is -9.91. The van der Waals surface area contributed by atoms with Crippen molar-refractivity contribution in [3.63, 3.8) is 0 Å². The first-order valence-corrected chi connectivity index (χ1v) is 44.0. The molecule has 2 unspecified atom stereocenters. The lowest BCUT2D eigenvalue weighted by Gasteiger charge is -2.21. The maximum atomic E-state index is 13.1. The molecule has 0 aliphatic rings. The van der Waals surface area contributed by atoms with Crippen molar-refractivity contribution in [2.24, 2.45) is 11.8 Å². The number of carbonyl (C=O) groups excluding carboxylic acids is 4. The molecule has 0 aliphatic heterocycles. The number of rotatable bonds is 78. The highest BCUT2D eigenvalue weighted by molar-refractivity contribution is 7.47. The summed E-state index contributed by atoms with van der Waals surface area (Å²) in [6.45, 7) is 9.58. The number of esters is 4. The van der Waals surface area contributed by atoms with Crippen LogP contribution in [0.25, 0.3) is 0 Å². The quantitative estimate of drug-likeness (QED) is 0.0222. The van der Waals surface area contributed by atoms with Crippen molar-refractivity contribution in [3.8, 4) is 0 Å². The Bertz CT molecular complexity index is 1890. The molecule has 0 saturated heterocycles. The van der Waals surface area contributed by atoms with Gasteiger partial charge < -0.3 is 33.8 Å². The first-order valence-electron chi connectivity index (χ1n) is 41.0. The lowest BCUT2D eigenvalue weighted by atomic mass is 10.0. The van der Waals surface area contributed by atoms with Gasteiger partial charge in [0.1, 0.15) is 19.3 Å². The van der Waals surface area contributed by atoms with Gasteiger partial charge in [-0.05, 0) is 37.5 Å². The largest absolute Gasteiger partial charge is 0.472 e. The summed E-state index contributed by atoms with van der Waals surface area (Å²) in [5.74, 6) is -0.619. The van der Waals surface area contributed by atoms with Crippen molar-refractivity contribution in [2.75, 3.05) is 39.6 Å². The Hall–Kier alpha value is -1.94. The molecule has 0 spiro atoms. The molecule has 98 heavy (non-hydrogen) atoms. The number of aliphatic hydroxyl groups excluding tert-OH is 1. The van der Waals surface area contributed by atoms with E-state index in [2.05, 4.69) is 41.5 Å². The van der Waals surface area contributed by atoms with E-state index in [9.17, 15) is 43.2 Å². The first kappa shape index (κ1) is 96.1. The van der Waals surface area contributed by atoms with Gasteiger partial charge in [-0.25, -0.2) is 9.13 Å². The minimum absolute atomic E-state index is 0.106. The first-order chi connectivity index (χ1) is 47.4. The van der Waals surface area contributed by atoms with E-state index in [4.69, 9.17) is 37.0 Å². The van der Waals surface area contributed by atoms with E-state index < -0.39 is 97.5 Å². The maximum Gasteiger partial charge on any atom is 0.472 e. The molecular weight excluding hydrogens is 1280 g/mol. The Morgan fingerprint density at radius 2 is 0.469 bits per heavy atom. The number of ether oxygens (including phenoxy) is 4. The average Bonchev–Trinajstić information content (AvgIpc) is 1.04. The van der Waals surface area contributed by atoms with E-state index in [0.29, 0.717) is 25.7 Å². The van der Waals surface area contributed by atoms with Crippen molar-refractivity contribution in [2.45, 2.75) is 432 Å². The highest BCUT2D eigenvalue weighted by Crippen LogP contribution is 2.45. The average molecular weight is 1440 g/mol. The molecule has 0 fully saturated rings. The van der Waals surface area contributed by atoms with Gasteiger partial charge in [0.2, 0.25) is 0 Å². The molecule has 0 amide bonds. The van der Waals surface area contributed by atoms with Gasteiger partial charge in [-0.2, -0.15) is 0 Å². The Kier molecular flexibility index (Phi) is 69.3. The molecule has 0 aromatic heterocycles. The fraction of sp³-hybridized carbons (Fsp3) is 0.949. The van der Waals surface area contributed by atoms with Crippen LogP contribution in [0.15, 0.2) is 0 Å². The van der Waals surface area contributed by atoms with Crippen LogP contribution in [0, 0.1) is 11.8 Å². The number of hydrogen-bond acceptors (Lipinski definition) is 15. The van der Waals surface area contributed by atoms with Crippen LogP contribution in [-0.2, 0) is 65.4 Å². The molecule has 0 bridgehead atoms. The molecule has 3 N–H and O–H groups in total. The minimum Gasteiger partial charge on any atom is -0.462 e. The topological polar surface area (TPSA) is 237 Å². The highest BCUT2D eigenvalue weighted by atomic mass is 31.2. The van der Waals surface area contributed by atoms with Crippen molar-refractivity contribution >= 4 is 39.5 Å². The number of phosphoric ester groups is 2. The standard InChI is InChI=1S/C79H154O17P2/c1-7-9-11-13-15-17-19-20-21-22-23-24-25-26-27-28-29-31-39-45-51-57-63-78(83)95-74(67-90-77(82)62-56-50-44-38-33-32-35-41-47-53-59-71(3)4)69-93-97(85,86)91-65-73(80)66-92-98(87,88)94-70-75(68-89-76(81)61-55-49-43-37-30-18-16-14-12-10-8-2)96-79(84)64-58-52-46-40-34-36-42-48-54-60-72(5)6/h71-75,80H,7-70H2,1-6H3,(H,85,86)(H,87,88)/t73-,74-,75-/m1/s1. The van der Waals surface area contributed by atoms with Gasteiger partial charge in [-0.3, -0.25) is 37.3 Å². The van der Waals surface area contributed by atoms with Crippen molar-refractivity contribution < 1.29 is 80.2 Å². The monoisotopic (exact) mass is 1440 g/mol. The number of aliphatic hydroxyl groups is 1. The van der Waals surface area contributed by atoms with Crippen LogP contribution in [0.4, 0.5) is 0 Å². The second-order valence-electron chi connectivity index (χ2n) is 29.4. The summed E-state index contributed by atoms with van der Waals surface area (Å²) in [6, 6.07) is 0. The third-order valence-corrected chi connectivity index (χ3v) is 20.4. The zero-order valence-electron chi connectivity index (χ0n) is 64.1. The summed E-state index contributed by atoms with van der Waals surface area (Å²) in [5.41, 5.74) is 0. The normalized spacial score (nSPS) is 13.9. The van der Waals surface area contributed by atoms with Gasteiger partial charge in [-0.15, -0.1) is 0 Å². The van der Waals surface area contributed by atoms with E-state index in [1.165, 1.54) is 231 Å². The summed E-state index contributed by atoms with van der Waals surface area (Å²) in [6.07, 6.45) is 59.8. The number of phosphoric acid groups is 2. The number of carbonyl (C=O) groups is 4. The van der Waals surface area contributed by atoms with Crippen LogP contribution in [0.5, 0.6) is 0 Å². The van der Waals surface area contributed by atoms with Crippen molar-refractivity contribution in [3.05, 3.63) is 0 Å². The van der Waals surface area contributed by atoms with Gasteiger partial charge in [-0.1, -0.05) is 363 Å². The Morgan fingerprint density at radius 3 is 0.694 bits per heavy atom. The fourth-order valence-corrected chi connectivity index (χ4v) is 13.8. The van der Waals surface area contributed by atoms with Gasteiger partial charge >= 0.3 is 39.5 Å². The van der Waals surface area contributed by atoms with Crippen LogP contribution in [0.3, 0.4) is 0 Å². The lowest BCUT2D eigenvalue weighted by molar-refractivity contribution is -0.161. The molecular formula is C79H154O17P2. The summed E-state index contributed by atoms with van der Waals surface area (Å²) in [5, 5.41) is 10.6. The fourth-order valence-electron chi connectivity index (χ4n) is 12.2. The molecule has 5 atom stereocenters. The molecule has 19 heteroatoms. The minimum atomic E-state index is -4.96. The van der Waals surface area contributed by atoms with Gasteiger partial charge in [0.05, 0.1) is 26.4 Å². The lowest BCUT2D eigenvalue weighted by Crippen LogP contribution is -2.30. The molecule has 0 radical (unpaired) electrons. The van der Waals surface area contributed by atoms with Crippen molar-refractivity contribution in [1.82, 2.24) is 0 Å². The second kappa shape index (κ2) is 70.7. The van der Waals surface area contributed by atoms with E-state index in [1.54, 1.807) is 0 Å². The molecule has 0 saturated carbocycles. The van der Waals surface area contributed by atoms with Gasteiger partial charge in [0.25, 0.3) is 0 Å². The predicted molar refractivity (Wildman–Crippen MR) is 400 cm³/mol. The highest BCUT2D eigenvalue weighted by Gasteiger charge is 2.30. The Balaban J connectivity index is 5.19. The van der Waals surface area contributed by atoms with Crippen LogP contribution in [-0.4, -0.2) is 96.7 Å². The molecule has 0 aromatic carbocycles. The van der Waals surface area contributed by atoms with E-state index in [-0.39, 0.29) is 25.7 Å². The third kappa shape index (κ3) is 72.4. The molecule has 0 aromatic rings. The summed E-state index contributed by atoms with van der Waals surface area (Å²) < 4.78 is 68.6. The zero-order valence-corrected chi connectivity index (χ0v) is 65.9. The Morgan fingerprint density at radius 1 is 0.276 bits per heavy atom. The zero-order chi connectivity index (χ0) is 72.1. The maximum absolute atomic E-state index is 13.1. The summed E-state index contributed by atoms with van der Waals surface area (Å²) >= 11 is 0. The van der Waals surface area contributed by atoms with Crippen LogP contribution in [0.1, 0.15) is 414 Å². The predicted octanol–water partition coefficient (Wildman–Crippen LogP) is 23.5. The molecule has 17 nitrogen and oxygen atoms in total. The summed E-state index contributed by atoms with van der Waals surface area (Å²) in [4.78, 5) is 72.9. The molecule has 0 rings (SSSR count). The van der Waals surface area contributed by atoms with E-state index in [0.717, 1.165) is 102 Å².